The van der Waals surface area contributed by atoms with Gasteiger partial charge in [-0.1, -0.05) is 6.07 Å². The number of ether oxygens (including phenoxy) is 4. The summed E-state index contributed by atoms with van der Waals surface area (Å²) in [5, 5.41) is 12.7. The normalized spacial score (nSPS) is 17.8. The number of carbonyl (C=O) groups excluding carboxylic acids is 1. The molecule has 1 aliphatic rings. The second-order valence-electron chi connectivity index (χ2n) is 7.52. The van der Waals surface area contributed by atoms with Crippen LogP contribution in [0.4, 0.5) is 0 Å². The number of benzene rings is 2. The first kappa shape index (κ1) is 22.3. The summed E-state index contributed by atoms with van der Waals surface area (Å²) >= 11 is 2.52. The van der Waals surface area contributed by atoms with E-state index < -0.39 is 11.8 Å². The number of aromatic nitrogens is 2. The van der Waals surface area contributed by atoms with Gasteiger partial charge in [0.2, 0.25) is 0 Å². The van der Waals surface area contributed by atoms with Gasteiger partial charge in [0, 0.05) is 16.9 Å². The van der Waals surface area contributed by atoms with Crippen LogP contribution in [0, 0.1) is 0 Å². The summed E-state index contributed by atoms with van der Waals surface area (Å²) in [6.45, 7) is 0. The molecule has 0 spiro atoms. The SMILES string of the molecule is COc1ccc(OC)c(C2(O)OC(=O)C(c3ccc4nsnc4c3)=C2Cc2ccc(OC)s2)c1. The molecule has 0 saturated heterocycles. The van der Waals surface area contributed by atoms with E-state index in [0.29, 0.717) is 28.2 Å². The molecule has 1 N–H and O–H groups in total. The highest BCUT2D eigenvalue weighted by Crippen LogP contribution is 2.48. The standard InChI is InChI=1S/C24H20N2O6S2/c1-29-14-5-8-20(30-2)16(11-14)24(28)17(12-15-6-9-21(31-3)33-15)22(23(27)32-24)13-4-7-18-19(10-13)26-34-25-18/h4-11,28H,12H2,1-3H3. The Morgan fingerprint density at radius 1 is 0.971 bits per heavy atom. The minimum atomic E-state index is -2.07. The van der Waals surface area contributed by atoms with Crippen molar-refractivity contribution in [3.8, 4) is 16.6 Å². The molecule has 1 unspecified atom stereocenters. The van der Waals surface area contributed by atoms with Crippen molar-refractivity contribution < 1.29 is 28.8 Å². The van der Waals surface area contributed by atoms with E-state index in [1.807, 2.05) is 12.1 Å². The van der Waals surface area contributed by atoms with Gasteiger partial charge >= 0.3 is 5.97 Å². The number of carbonyl (C=O) groups is 1. The highest BCUT2D eigenvalue weighted by Gasteiger charge is 2.50. The number of methoxy groups -OCH3 is 3. The van der Waals surface area contributed by atoms with E-state index in [2.05, 4.69) is 8.75 Å². The molecule has 34 heavy (non-hydrogen) atoms. The maximum absolute atomic E-state index is 13.3. The van der Waals surface area contributed by atoms with Crippen molar-refractivity contribution in [2.45, 2.75) is 12.2 Å². The largest absolute Gasteiger partial charge is 0.497 e. The summed E-state index contributed by atoms with van der Waals surface area (Å²) in [5.74, 6) is -1.87. The lowest BCUT2D eigenvalue weighted by Crippen LogP contribution is -2.30. The number of aliphatic hydroxyl groups is 1. The number of esters is 1. The zero-order valence-corrected chi connectivity index (χ0v) is 20.2. The first-order chi connectivity index (χ1) is 16.5. The summed E-state index contributed by atoms with van der Waals surface area (Å²) < 4.78 is 30.4. The Morgan fingerprint density at radius 3 is 2.53 bits per heavy atom. The van der Waals surface area contributed by atoms with Crippen LogP contribution in [0.5, 0.6) is 16.6 Å². The van der Waals surface area contributed by atoms with E-state index in [4.69, 9.17) is 18.9 Å². The number of fused-ring (bicyclic) bond motifs is 1. The van der Waals surface area contributed by atoms with Gasteiger partial charge in [0.1, 0.15) is 22.5 Å². The maximum atomic E-state index is 13.3. The van der Waals surface area contributed by atoms with Gasteiger partial charge in [-0.2, -0.15) is 8.75 Å². The monoisotopic (exact) mass is 496 g/mol. The number of hydrogen-bond acceptors (Lipinski definition) is 10. The summed E-state index contributed by atoms with van der Waals surface area (Å²) in [7, 11) is 4.60. The molecule has 8 nitrogen and oxygen atoms in total. The molecular formula is C24H20N2O6S2. The molecule has 0 radical (unpaired) electrons. The predicted octanol–water partition coefficient (Wildman–Crippen LogP) is 4.18. The van der Waals surface area contributed by atoms with E-state index in [0.717, 1.165) is 27.2 Å². The van der Waals surface area contributed by atoms with Gasteiger partial charge in [-0.25, -0.2) is 4.79 Å². The summed E-state index contributed by atoms with van der Waals surface area (Å²) in [5.41, 5.74) is 2.91. The Bertz CT molecular complexity index is 1430. The van der Waals surface area contributed by atoms with Crippen molar-refractivity contribution in [1.29, 1.82) is 0 Å². The molecule has 3 heterocycles. The highest BCUT2D eigenvalue weighted by molar-refractivity contribution is 7.13. The average Bonchev–Trinajstić information content (AvgIpc) is 3.57. The zero-order chi connectivity index (χ0) is 23.9. The smallest absolute Gasteiger partial charge is 0.342 e. The van der Waals surface area contributed by atoms with E-state index in [-0.39, 0.29) is 17.6 Å². The lowest BCUT2D eigenvalue weighted by molar-refractivity contribution is -0.185. The molecule has 5 rings (SSSR count). The van der Waals surface area contributed by atoms with Crippen LogP contribution < -0.4 is 14.2 Å². The molecule has 1 aliphatic heterocycles. The molecule has 1 atom stereocenters. The molecule has 2 aromatic heterocycles. The van der Waals surface area contributed by atoms with Crippen molar-refractivity contribution in [3.63, 3.8) is 0 Å². The van der Waals surface area contributed by atoms with Crippen LogP contribution in [-0.4, -0.2) is 41.2 Å². The van der Waals surface area contributed by atoms with Crippen molar-refractivity contribution in [1.82, 2.24) is 8.75 Å². The third kappa shape index (κ3) is 3.69. The first-order valence-electron chi connectivity index (χ1n) is 10.2. The fraction of sp³-hybridized carbons (Fsp3) is 0.208. The quantitative estimate of drug-likeness (QED) is 0.381. The van der Waals surface area contributed by atoms with Gasteiger partial charge < -0.3 is 24.1 Å². The Balaban J connectivity index is 1.73. The van der Waals surface area contributed by atoms with Crippen molar-refractivity contribution in [2.24, 2.45) is 0 Å². The van der Waals surface area contributed by atoms with E-state index in [1.165, 1.54) is 25.6 Å². The minimum absolute atomic E-state index is 0.249. The lowest BCUT2D eigenvalue weighted by atomic mass is 9.89. The van der Waals surface area contributed by atoms with Gasteiger partial charge in [-0.15, -0.1) is 11.3 Å². The van der Waals surface area contributed by atoms with E-state index in [9.17, 15) is 9.90 Å². The highest BCUT2D eigenvalue weighted by atomic mass is 32.1. The Kier molecular flexibility index (Phi) is 5.72. The van der Waals surface area contributed by atoms with E-state index >= 15 is 0 Å². The van der Waals surface area contributed by atoms with E-state index in [1.54, 1.807) is 43.5 Å². The van der Waals surface area contributed by atoms with Crippen LogP contribution in [0.1, 0.15) is 16.0 Å². The van der Waals surface area contributed by atoms with Crippen molar-refractivity contribution in [3.05, 3.63) is 70.1 Å². The number of thiophene rings is 1. The third-order valence-corrected chi connectivity index (χ3v) is 7.26. The van der Waals surface area contributed by atoms with Gasteiger partial charge in [0.25, 0.3) is 5.79 Å². The molecule has 2 aromatic carbocycles. The summed E-state index contributed by atoms with van der Waals surface area (Å²) in [4.78, 5) is 14.2. The second kappa shape index (κ2) is 8.71. The summed E-state index contributed by atoms with van der Waals surface area (Å²) in [6.07, 6.45) is 0.249. The van der Waals surface area contributed by atoms with Crippen LogP contribution in [0.25, 0.3) is 16.6 Å². The van der Waals surface area contributed by atoms with Crippen LogP contribution >= 0.6 is 23.1 Å². The number of hydrogen-bond donors (Lipinski definition) is 1. The molecule has 10 heteroatoms. The number of nitrogens with zero attached hydrogens (tertiary/aromatic N) is 2. The predicted molar refractivity (Wildman–Crippen MR) is 128 cm³/mol. The molecule has 4 aromatic rings. The van der Waals surface area contributed by atoms with Gasteiger partial charge in [-0.3, -0.25) is 0 Å². The van der Waals surface area contributed by atoms with Gasteiger partial charge in [0.05, 0.1) is 44.2 Å². The molecule has 174 valence electrons. The Hall–Kier alpha value is -3.47. The summed E-state index contributed by atoms with van der Waals surface area (Å²) in [6, 6.07) is 14.1. The molecule has 0 aliphatic carbocycles. The Labute approximate surface area is 203 Å². The van der Waals surface area contributed by atoms with Gasteiger partial charge in [-0.05, 0) is 48.0 Å². The maximum Gasteiger partial charge on any atom is 0.342 e. The topological polar surface area (TPSA) is 100 Å². The number of cyclic esters (lactones) is 1. The fourth-order valence-electron chi connectivity index (χ4n) is 4.01. The number of rotatable bonds is 7. The third-order valence-electron chi connectivity index (χ3n) is 5.66. The molecule has 0 fully saturated rings. The molecule has 0 bridgehead atoms. The molecular weight excluding hydrogens is 476 g/mol. The van der Waals surface area contributed by atoms with Gasteiger partial charge in [0.15, 0.2) is 5.06 Å². The molecule has 0 amide bonds. The second-order valence-corrected chi connectivity index (χ2v) is 9.18. The first-order valence-corrected chi connectivity index (χ1v) is 11.8. The van der Waals surface area contributed by atoms with Crippen LogP contribution in [-0.2, 0) is 21.7 Å². The fourth-order valence-corrected chi connectivity index (χ4v) is 5.36. The van der Waals surface area contributed by atoms with Crippen molar-refractivity contribution >= 4 is 45.6 Å². The van der Waals surface area contributed by atoms with Crippen molar-refractivity contribution in [2.75, 3.05) is 21.3 Å². The molecule has 0 saturated carbocycles. The zero-order valence-electron chi connectivity index (χ0n) is 18.5. The van der Waals surface area contributed by atoms with Crippen LogP contribution in [0.3, 0.4) is 0 Å². The van der Waals surface area contributed by atoms with Crippen LogP contribution in [0.2, 0.25) is 0 Å². The lowest BCUT2D eigenvalue weighted by Gasteiger charge is -2.27. The average molecular weight is 497 g/mol. The Morgan fingerprint density at radius 2 is 1.79 bits per heavy atom. The minimum Gasteiger partial charge on any atom is -0.497 e. The van der Waals surface area contributed by atoms with Crippen LogP contribution in [0.15, 0.2) is 54.1 Å².